The van der Waals surface area contributed by atoms with Crippen LogP contribution in [0.2, 0.25) is 0 Å². The average Bonchev–Trinajstić information content (AvgIpc) is 2.37. The number of rotatable bonds is 4. The van der Waals surface area contributed by atoms with Gasteiger partial charge < -0.3 is 4.84 Å². The molecule has 0 aliphatic heterocycles. The molecule has 0 amide bonds. The van der Waals surface area contributed by atoms with Crippen molar-refractivity contribution < 1.29 is 13.6 Å². The molecular weight excluding hydrogens is 236 g/mol. The van der Waals surface area contributed by atoms with E-state index in [4.69, 9.17) is 4.84 Å². The molecule has 0 unspecified atom stereocenters. The second-order valence-electron chi connectivity index (χ2n) is 3.58. The fraction of sp³-hybridized carbons (Fsp3) is 0.0714. The number of hydrogen-bond donors (Lipinski definition) is 0. The summed E-state index contributed by atoms with van der Waals surface area (Å²) in [7, 11) is 0. The van der Waals surface area contributed by atoms with E-state index in [-0.39, 0.29) is 18.2 Å². The summed E-state index contributed by atoms with van der Waals surface area (Å²) in [6.45, 7) is 0.00892. The minimum atomic E-state index is -0.371. The van der Waals surface area contributed by atoms with Gasteiger partial charge in [-0.2, -0.15) is 0 Å². The molecule has 0 spiro atoms. The summed E-state index contributed by atoms with van der Waals surface area (Å²) in [6, 6.07) is 12.0. The Hall–Kier alpha value is -2.23. The zero-order chi connectivity index (χ0) is 12.8. The number of benzene rings is 2. The molecule has 1 radical (unpaired) electrons. The van der Waals surface area contributed by atoms with Crippen molar-refractivity contribution in [3.8, 4) is 0 Å². The summed E-state index contributed by atoms with van der Waals surface area (Å²) >= 11 is 0. The molecule has 4 heteroatoms. The zero-order valence-corrected chi connectivity index (χ0v) is 9.44. The molecule has 0 fully saturated rings. The molecule has 0 aliphatic carbocycles. The maximum Gasteiger partial charge on any atom is 0.145 e. The Morgan fingerprint density at radius 2 is 1.89 bits per heavy atom. The number of halogens is 2. The Morgan fingerprint density at radius 1 is 1.06 bits per heavy atom. The first-order valence-corrected chi connectivity index (χ1v) is 5.33. The molecular formula is C14H10F2NO. The molecule has 2 aromatic carbocycles. The van der Waals surface area contributed by atoms with Gasteiger partial charge >= 0.3 is 0 Å². The van der Waals surface area contributed by atoms with Gasteiger partial charge in [0.25, 0.3) is 0 Å². The minimum absolute atomic E-state index is 0.00892. The SMILES string of the molecule is Fc1cccc(/[C]=N\OCc2ccccc2F)c1. The van der Waals surface area contributed by atoms with Gasteiger partial charge in [-0.25, -0.2) is 8.78 Å². The van der Waals surface area contributed by atoms with Crippen molar-refractivity contribution in [1.82, 2.24) is 0 Å². The Kier molecular flexibility index (Phi) is 4.02. The maximum atomic E-state index is 13.2. The fourth-order valence-corrected chi connectivity index (χ4v) is 1.36. The second kappa shape index (κ2) is 5.91. The Balaban J connectivity index is 1.91. The molecule has 0 saturated heterocycles. The van der Waals surface area contributed by atoms with Gasteiger partial charge in [0.1, 0.15) is 24.5 Å². The summed E-state index contributed by atoms with van der Waals surface area (Å²) in [5.41, 5.74) is 0.867. The third-order valence-electron chi connectivity index (χ3n) is 2.24. The van der Waals surface area contributed by atoms with Crippen LogP contribution in [0.3, 0.4) is 0 Å². The molecule has 0 N–H and O–H groups in total. The van der Waals surface area contributed by atoms with Crippen LogP contribution in [-0.4, -0.2) is 6.21 Å². The van der Waals surface area contributed by atoms with E-state index in [0.717, 1.165) is 0 Å². The van der Waals surface area contributed by atoms with Crippen LogP contribution in [0, 0.1) is 11.6 Å². The predicted molar refractivity (Wildman–Crippen MR) is 64.1 cm³/mol. The molecule has 0 aromatic heterocycles. The normalized spacial score (nSPS) is 10.8. The van der Waals surface area contributed by atoms with Gasteiger partial charge in [-0.1, -0.05) is 35.5 Å². The highest BCUT2D eigenvalue weighted by Crippen LogP contribution is 2.07. The van der Waals surface area contributed by atoms with Gasteiger partial charge in [0.2, 0.25) is 0 Å². The lowest BCUT2D eigenvalue weighted by atomic mass is 10.2. The summed E-state index contributed by atoms with van der Waals surface area (Å²) in [5.74, 6) is -0.720. The van der Waals surface area contributed by atoms with Gasteiger partial charge in [-0.3, -0.25) is 0 Å². The van der Waals surface area contributed by atoms with E-state index in [9.17, 15) is 8.78 Å². The van der Waals surface area contributed by atoms with Crippen molar-refractivity contribution in [2.75, 3.05) is 0 Å². The first-order valence-electron chi connectivity index (χ1n) is 5.33. The lowest BCUT2D eigenvalue weighted by Gasteiger charge is -2.00. The van der Waals surface area contributed by atoms with Crippen molar-refractivity contribution in [2.24, 2.45) is 5.16 Å². The number of nitrogens with zero attached hydrogens (tertiary/aromatic N) is 1. The standard InChI is InChI=1S/C14H10F2NO/c15-13-6-3-4-11(8-13)9-17-18-10-12-5-1-2-7-14(12)16/h1-8H,10H2. The molecule has 18 heavy (non-hydrogen) atoms. The third-order valence-corrected chi connectivity index (χ3v) is 2.24. The average molecular weight is 246 g/mol. The second-order valence-corrected chi connectivity index (χ2v) is 3.58. The molecule has 91 valence electrons. The highest BCUT2D eigenvalue weighted by molar-refractivity contribution is 5.78. The highest BCUT2D eigenvalue weighted by atomic mass is 19.1. The van der Waals surface area contributed by atoms with Gasteiger partial charge in [-0.05, 0) is 18.2 Å². The Bertz CT molecular complexity index is 555. The van der Waals surface area contributed by atoms with E-state index in [0.29, 0.717) is 11.1 Å². The maximum absolute atomic E-state index is 13.2. The molecule has 2 aromatic rings. The lowest BCUT2D eigenvalue weighted by molar-refractivity contribution is 0.129. The van der Waals surface area contributed by atoms with Crippen LogP contribution in [-0.2, 0) is 11.4 Å². The predicted octanol–water partition coefficient (Wildman–Crippen LogP) is 3.39. The van der Waals surface area contributed by atoms with Crippen LogP contribution < -0.4 is 0 Å². The minimum Gasteiger partial charge on any atom is -0.390 e. The fourth-order valence-electron chi connectivity index (χ4n) is 1.36. The van der Waals surface area contributed by atoms with Gasteiger partial charge in [0.15, 0.2) is 0 Å². The monoisotopic (exact) mass is 246 g/mol. The smallest absolute Gasteiger partial charge is 0.145 e. The highest BCUT2D eigenvalue weighted by Gasteiger charge is 1.99. The van der Waals surface area contributed by atoms with Gasteiger partial charge in [-0.15, -0.1) is 0 Å². The van der Waals surface area contributed by atoms with Crippen LogP contribution in [0.1, 0.15) is 11.1 Å². The molecule has 0 saturated carbocycles. The van der Waals surface area contributed by atoms with E-state index in [2.05, 4.69) is 11.4 Å². The van der Waals surface area contributed by atoms with E-state index in [1.165, 1.54) is 18.2 Å². The number of hydrogen-bond acceptors (Lipinski definition) is 2. The summed E-state index contributed by atoms with van der Waals surface area (Å²) in [5, 5.41) is 3.54. The molecule has 0 bridgehead atoms. The van der Waals surface area contributed by atoms with E-state index in [1.54, 1.807) is 30.3 Å². The van der Waals surface area contributed by atoms with Gasteiger partial charge in [0.05, 0.1) is 0 Å². The van der Waals surface area contributed by atoms with Crippen molar-refractivity contribution in [3.63, 3.8) is 0 Å². The summed E-state index contributed by atoms with van der Waals surface area (Å²) in [6.07, 6.45) is 2.52. The first kappa shape index (κ1) is 12.2. The first-order chi connectivity index (χ1) is 8.75. The summed E-state index contributed by atoms with van der Waals surface area (Å²) < 4.78 is 26.0. The molecule has 0 aliphatic rings. The van der Waals surface area contributed by atoms with Crippen molar-refractivity contribution in [3.05, 3.63) is 71.3 Å². The molecule has 0 heterocycles. The van der Waals surface area contributed by atoms with E-state index in [1.807, 2.05) is 0 Å². The zero-order valence-electron chi connectivity index (χ0n) is 9.44. The van der Waals surface area contributed by atoms with E-state index >= 15 is 0 Å². The van der Waals surface area contributed by atoms with Crippen LogP contribution >= 0.6 is 0 Å². The molecule has 2 rings (SSSR count). The van der Waals surface area contributed by atoms with E-state index < -0.39 is 0 Å². The lowest BCUT2D eigenvalue weighted by Crippen LogP contribution is -1.92. The Morgan fingerprint density at radius 3 is 2.67 bits per heavy atom. The Labute approximate surface area is 104 Å². The topological polar surface area (TPSA) is 21.6 Å². The largest absolute Gasteiger partial charge is 0.390 e. The molecule has 2 nitrogen and oxygen atoms in total. The molecule has 0 atom stereocenters. The van der Waals surface area contributed by atoms with Crippen LogP contribution in [0.5, 0.6) is 0 Å². The van der Waals surface area contributed by atoms with Gasteiger partial charge in [0, 0.05) is 11.1 Å². The quantitative estimate of drug-likeness (QED) is 0.598. The third kappa shape index (κ3) is 3.38. The van der Waals surface area contributed by atoms with Crippen LogP contribution in [0.15, 0.2) is 53.7 Å². The van der Waals surface area contributed by atoms with Crippen molar-refractivity contribution in [1.29, 1.82) is 0 Å². The summed E-state index contributed by atoms with van der Waals surface area (Å²) in [4.78, 5) is 4.90. The van der Waals surface area contributed by atoms with Crippen LogP contribution in [0.25, 0.3) is 0 Å². The van der Waals surface area contributed by atoms with Crippen molar-refractivity contribution in [2.45, 2.75) is 6.61 Å². The van der Waals surface area contributed by atoms with Crippen LogP contribution in [0.4, 0.5) is 8.78 Å². The van der Waals surface area contributed by atoms with Crippen molar-refractivity contribution >= 4 is 6.21 Å².